The summed E-state index contributed by atoms with van der Waals surface area (Å²) in [5, 5.41) is 0. The molecule has 0 heterocycles. The monoisotopic (exact) mass is 396 g/mol. The van der Waals surface area contributed by atoms with Gasteiger partial charge in [-0.05, 0) is 38.5 Å². The quantitative estimate of drug-likeness (QED) is 0.296. The maximum absolute atomic E-state index is 12.3. The number of hydrogen-bond donors (Lipinski definition) is 0. The summed E-state index contributed by atoms with van der Waals surface area (Å²) < 4.78 is 21.2. The second-order valence-electron chi connectivity index (χ2n) is 7.89. The largest absolute Gasteiger partial charge is 0.464 e. The first kappa shape index (κ1) is 20.6. The predicted octanol–water partition coefficient (Wildman–Crippen LogP) is 1.93. The molecular formula is C20H28O8. The second kappa shape index (κ2) is 9.89. The molecule has 0 amide bonds. The van der Waals surface area contributed by atoms with Crippen LogP contribution in [0.1, 0.15) is 57.8 Å². The fraction of sp³-hybridized carbons (Fsp3) is 0.800. The van der Waals surface area contributed by atoms with E-state index in [4.69, 9.17) is 18.9 Å². The average Bonchev–Trinajstić information content (AvgIpc) is 2.50. The molecule has 3 saturated carbocycles. The summed E-state index contributed by atoms with van der Waals surface area (Å²) in [4.78, 5) is 47.3. The zero-order chi connectivity index (χ0) is 19.9. The van der Waals surface area contributed by atoms with Crippen LogP contribution in [-0.4, -0.2) is 49.8 Å². The molecule has 3 aliphatic rings. The van der Waals surface area contributed by atoms with Gasteiger partial charge in [0, 0.05) is 0 Å². The topological polar surface area (TPSA) is 105 Å². The lowest BCUT2D eigenvalue weighted by Gasteiger charge is -2.32. The van der Waals surface area contributed by atoms with Gasteiger partial charge < -0.3 is 18.9 Å². The van der Waals surface area contributed by atoms with Crippen LogP contribution >= 0.6 is 0 Å². The third kappa shape index (κ3) is 5.23. The summed E-state index contributed by atoms with van der Waals surface area (Å²) in [5.74, 6) is -1.62. The molecule has 0 N–H and O–H groups in total. The van der Waals surface area contributed by atoms with E-state index in [1.807, 2.05) is 0 Å². The van der Waals surface area contributed by atoms with Gasteiger partial charge in [-0.3, -0.25) is 19.2 Å². The van der Waals surface area contributed by atoms with Gasteiger partial charge in [0.2, 0.25) is 0 Å². The van der Waals surface area contributed by atoms with Crippen LogP contribution in [0.3, 0.4) is 0 Å². The third-order valence-corrected chi connectivity index (χ3v) is 5.98. The van der Waals surface area contributed by atoms with E-state index in [1.54, 1.807) is 0 Å². The lowest BCUT2D eigenvalue weighted by atomic mass is 9.85. The van der Waals surface area contributed by atoms with Gasteiger partial charge in [0.05, 0.1) is 17.8 Å². The minimum Gasteiger partial charge on any atom is -0.464 e. The lowest BCUT2D eigenvalue weighted by Crippen LogP contribution is -2.45. The molecule has 156 valence electrons. The Hall–Kier alpha value is -2.12. The molecule has 0 aromatic rings. The Kier molecular flexibility index (Phi) is 7.28. The van der Waals surface area contributed by atoms with Crippen molar-refractivity contribution in [3.05, 3.63) is 0 Å². The van der Waals surface area contributed by atoms with Crippen LogP contribution in [0.15, 0.2) is 0 Å². The smallest absolute Gasteiger partial charge is 0.309 e. The fourth-order valence-corrected chi connectivity index (χ4v) is 3.27. The summed E-state index contributed by atoms with van der Waals surface area (Å²) >= 11 is 0. The summed E-state index contributed by atoms with van der Waals surface area (Å²) in [6, 6.07) is 0. The standard InChI is InChI=1S/C20H28O8/c21-12-25-10-16(27-19(23)14-6-2-7-14)17(28-20(24)15-8-3-9-15)11-26-18(22)13-4-1-5-13/h12-17H,1-11H2. The van der Waals surface area contributed by atoms with E-state index in [1.165, 1.54) is 0 Å². The first-order valence-corrected chi connectivity index (χ1v) is 10.2. The van der Waals surface area contributed by atoms with Crippen molar-refractivity contribution >= 4 is 24.4 Å². The highest BCUT2D eigenvalue weighted by Crippen LogP contribution is 2.31. The van der Waals surface area contributed by atoms with Crippen molar-refractivity contribution in [1.82, 2.24) is 0 Å². The van der Waals surface area contributed by atoms with Crippen molar-refractivity contribution in [2.24, 2.45) is 17.8 Å². The number of rotatable bonds is 11. The van der Waals surface area contributed by atoms with E-state index >= 15 is 0 Å². The van der Waals surface area contributed by atoms with Gasteiger partial charge in [0.15, 0.2) is 12.2 Å². The molecule has 3 aliphatic carbocycles. The Morgan fingerprint density at radius 3 is 1.54 bits per heavy atom. The van der Waals surface area contributed by atoms with Crippen molar-refractivity contribution in [2.75, 3.05) is 13.2 Å². The number of ether oxygens (including phenoxy) is 4. The van der Waals surface area contributed by atoms with Gasteiger partial charge >= 0.3 is 17.9 Å². The summed E-state index contributed by atoms with van der Waals surface area (Å²) in [5.41, 5.74) is 0. The lowest BCUT2D eigenvalue weighted by molar-refractivity contribution is -0.188. The Balaban J connectivity index is 1.63. The predicted molar refractivity (Wildman–Crippen MR) is 94.8 cm³/mol. The van der Waals surface area contributed by atoms with Gasteiger partial charge in [-0.1, -0.05) is 19.3 Å². The average molecular weight is 396 g/mol. The zero-order valence-electron chi connectivity index (χ0n) is 16.0. The highest BCUT2D eigenvalue weighted by atomic mass is 16.6. The Labute approximate surface area is 164 Å². The summed E-state index contributed by atoms with van der Waals surface area (Å²) in [7, 11) is 0. The van der Waals surface area contributed by atoms with Crippen LogP contribution in [0.2, 0.25) is 0 Å². The second-order valence-corrected chi connectivity index (χ2v) is 7.89. The molecule has 8 heteroatoms. The maximum atomic E-state index is 12.3. The Morgan fingerprint density at radius 2 is 1.14 bits per heavy atom. The van der Waals surface area contributed by atoms with Gasteiger partial charge in [-0.25, -0.2) is 0 Å². The van der Waals surface area contributed by atoms with Gasteiger partial charge in [0.25, 0.3) is 6.47 Å². The molecule has 2 atom stereocenters. The first-order valence-electron chi connectivity index (χ1n) is 10.2. The minimum atomic E-state index is -1.00. The SMILES string of the molecule is O=COCC(OC(=O)C1CCC1)C(COC(=O)C1CCC1)OC(=O)C1CCC1. The molecule has 3 fully saturated rings. The van der Waals surface area contributed by atoms with E-state index < -0.39 is 24.1 Å². The highest BCUT2D eigenvalue weighted by Gasteiger charge is 2.38. The van der Waals surface area contributed by atoms with Crippen molar-refractivity contribution in [1.29, 1.82) is 0 Å². The zero-order valence-corrected chi connectivity index (χ0v) is 16.0. The fourth-order valence-electron chi connectivity index (χ4n) is 3.27. The van der Waals surface area contributed by atoms with Crippen molar-refractivity contribution in [3.63, 3.8) is 0 Å². The van der Waals surface area contributed by atoms with E-state index in [-0.39, 0.29) is 43.4 Å². The van der Waals surface area contributed by atoms with Crippen molar-refractivity contribution in [3.8, 4) is 0 Å². The molecular weight excluding hydrogens is 368 g/mol. The summed E-state index contributed by atoms with van der Waals surface area (Å²) in [6.07, 6.45) is 5.53. The minimum absolute atomic E-state index is 0.120. The molecule has 28 heavy (non-hydrogen) atoms. The van der Waals surface area contributed by atoms with Gasteiger partial charge in [-0.2, -0.15) is 0 Å². The van der Waals surface area contributed by atoms with E-state index in [2.05, 4.69) is 0 Å². The Morgan fingerprint density at radius 1 is 0.714 bits per heavy atom. The molecule has 0 aromatic heterocycles. The first-order chi connectivity index (χ1) is 13.6. The highest BCUT2D eigenvalue weighted by molar-refractivity contribution is 5.75. The third-order valence-electron chi connectivity index (χ3n) is 5.98. The molecule has 2 unspecified atom stereocenters. The Bertz CT molecular complexity index is 577. The number of carbonyl (C=O) groups is 4. The van der Waals surface area contributed by atoms with Crippen LogP contribution in [0.5, 0.6) is 0 Å². The molecule has 8 nitrogen and oxygen atoms in total. The number of carbonyl (C=O) groups excluding carboxylic acids is 4. The molecule has 0 aliphatic heterocycles. The molecule has 0 radical (unpaired) electrons. The molecule has 3 rings (SSSR count). The van der Waals surface area contributed by atoms with Crippen molar-refractivity contribution < 1.29 is 38.1 Å². The molecule has 0 bridgehead atoms. The van der Waals surface area contributed by atoms with Gasteiger partial charge in [0.1, 0.15) is 13.2 Å². The van der Waals surface area contributed by atoms with E-state index in [9.17, 15) is 19.2 Å². The van der Waals surface area contributed by atoms with E-state index in [0.717, 1.165) is 57.8 Å². The summed E-state index contributed by atoms with van der Waals surface area (Å²) in [6.45, 7) is -0.237. The van der Waals surface area contributed by atoms with Crippen LogP contribution in [0.25, 0.3) is 0 Å². The van der Waals surface area contributed by atoms with Crippen LogP contribution in [-0.2, 0) is 38.1 Å². The van der Waals surface area contributed by atoms with Crippen molar-refractivity contribution in [2.45, 2.75) is 70.0 Å². The molecule has 0 aromatic carbocycles. The van der Waals surface area contributed by atoms with Gasteiger partial charge in [-0.15, -0.1) is 0 Å². The normalized spacial score (nSPS) is 21.9. The molecule has 0 spiro atoms. The maximum Gasteiger partial charge on any atom is 0.309 e. The molecule has 0 saturated heterocycles. The van der Waals surface area contributed by atoms with Crippen LogP contribution in [0, 0.1) is 17.8 Å². The van der Waals surface area contributed by atoms with E-state index in [0.29, 0.717) is 0 Å². The number of hydrogen-bond acceptors (Lipinski definition) is 8. The van der Waals surface area contributed by atoms with Crippen LogP contribution < -0.4 is 0 Å². The van der Waals surface area contributed by atoms with Crippen LogP contribution in [0.4, 0.5) is 0 Å². The number of esters is 3.